The standard InChI is InChI=1S/C8H15O3/c1-3-7(5-6-9)8(10)11-4-2/h6-7,9H,3-5H2,1-2H3. The average Bonchev–Trinajstić information content (AvgIpc) is 2.00. The van der Waals surface area contributed by atoms with Gasteiger partial charge in [-0.1, -0.05) is 6.92 Å². The number of aliphatic hydroxyl groups is 1. The second kappa shape index (κ2) is 6.16. The molecule has 0 aliphatic carbocycles. The molecule has 0 fully saturated rings. The largest absolute Gasteiger partial charge is 0.466 e. The lowest BCUT2D eigenvalue weighted by Crippen LogP contribution is -2.17. The molecule has 0 amide bonds. The third kappa shape index (κ3) is 3.98. The van der Waals surface area contributed by atoms with E-state index >= 15 is 0 Å². The van der Waals surface area contributed by atoms with Crippen LogP contribution in [-0.4, -0.2) is 17.7 Å². The van der Waals surface area contributed by atoms with Crippen LogP contribution in [0.1, 0.15) is 26.7 Å². The highest BCUT2D eigenvalue weighted by molar-refractivity contribution is 5.72. The van der Waals surface area contributed by atoms with Crippen molar-refractivity contribution in [3.63, 3.8) is 0 Å². The van der Waals surface area contributed by atoms with Gasteiger partial charge in [-0.2, -0.15) is 0 Å². The number of hydrogen-bond donors (Lipinski definition) is 1. The first-order valence-electron chi connectivity index (χ1n) is 3.88. The first kappa shape index (κ1) is 10.4. The Morgan fingerprint density at radius 3 is 2.64 bits per heavy atom. The number of esters is 1. The number of ether oxygens (including phenoxy) is 1. The Balaban J connectivity index is 3.71. The van der Waals surface area contributed by atoms with Crippen molar-refractivity contribution >= 4 is 5.97 Å². The summed E-state index contributed by atoms with van der Waals surface area (Å²) in [6.45, 7) is 5.07. The summed E-state index contributed by atoms with van der Waals surface area (Å²) < 4.78 is 4.78. The minimum atomic E-state index is -0.222. The van der Waals surface area contributed by atoms with Crippen molar-refractivity contribution in [1.82, 2.24) is 0 Å². The van der Waals surface area contributed by atoms with Gasteiger partial charge >= 0.3 is 5.97 Å². The van der Waals surface area contributed by atoms with Crippen LogP contribution in [0.4, 0.5) is 0 Å². The van der Waals surface area contributed by atoms with Crippen LogP contribution < -0.4 is 0 Å². The molecule has 3 heteroatoms. The van der Waals surface area contributed by atoms with Crippen LogP contribution in [0.15, 0.2) is 0 Å². The molecule has 0 aromatic rings. The molecule has 0 saturated carbocycles. The van der Waals surface area contributed by atoms with Gasteiger partial charge in [-0.15, -0.1) is 0 Å². The van der Waals surface area contributed by atoms with Crippen LogP contribution in [0.25, 0.3) is 0 Å². The molecule has 1 atom stereocenters. The Kier molecular flexibility index (Phi) is 5.84. The fourth-order valence-electron chi connectivity index (χ4n) is 0.817. The summed E-state index contributed by atoms with van der Waals surface area (Å²) in [5, 5.41) is 8.45. The highest BCUT2D eigenvalue weighted by Gasteiger charge is 2.16. The number of hydrogen-bond acceptors (Lipinski definition) is 3. The van der Waals surface area contributed by atoms with E-state index < -0.39 is 0 Å². The van der Waals surface area contributed by atoms with Crippen LogP contribution >= 0.6 is 0 Å². The van der Waals surface area contributed by atoms with Crippen LogP contribution in [-0.2, 0) is 9.53 Å². The van der Waals surface area contributed by atoms with Gasteiger partial charge in [0, 0.05) is 0 Å². The molecule has 0 aliphatic rings. The highest BCUT2D eigenvalue weighted by Crippen LogP contribution is 2.10. The molecule has 0 aromatic heterocycles. The topological polar surface area (TPSA) is 46.5 Å². The molecule has 0 saturated heterocycles. The fourth-order valence-corrected chi connectivity index (χ4v) is 0.817. The van der Waals surface area contributed by atoms with Crippen molar-refractivity contribution in [3.05, 3.63) is 6.61 Å². The van der Waals surface area contributed by atoms with Crippen LogP contribution in [0.2, 0.25) is 0 Å². The van der Waals surface area contributed by atoms with Crippen molar-refractivity contribution < 1.29 is 14.6 Å². The minimum absolute atomic E-state index is 0.181. The van der Waals surface area contributed by atoms with Gasteiger partial charge < -0.3 is 9.84 Å². The van der Waals surface area contributed by atoms with E-state index in [1.807, 2.05) is 6.92 Å². The van der Waals surface area contributed by atoms with Gasteiger partial charge in [0.25, 0.3) is 0 Å². The molecule has 11 heavy (non-hydrogen) atoms. The summed E-state index contributed by atoms with van der Waals surface area (Å²) in [6.07, 6.45) is 1.09. The molecule has 3 nitrogen and oxygen atoms in total. The molecule has 0 bridgehead atoms. The van der Waals surface area contributed by atoms with Gasteiger partial charge in [0.2, 0.25) is 0 Å². The van der Waals surface area contributed by atoms with Crippen molar-refractivity contribution in [2.45, 2.75) is 26.7 Å². The van der Waals surface area contributed by atoms with E-state index in [0.717, 1.165) is 6.61 Å². The summed E-state index contributed by atoms with van der Waals surface area (Å²) in [5.41, 5.74) is 0. The van der Waals surface area contributed by atoms with Gasteiger partial charge in [0.1, 0.15) is 0 Å². The maximum Gasteiger partial charge on any atom is 0.309 e. The zero-order chi connectivity index (χ0) is 8.69. The third-order valence-corrected chi connectivity index (χ3v) is 1.50. The maximum absolute atomic E-state index is 11.0. The molecule has 1 N–H and O–H groups in total. The van der Waals surface area contributed by atoms with E-state index in [2.05, 4.69) is 0 Å². The third-order valence-electron chi connectivity index (χ3n) is 1.50. The Labute approximate surface area is 67.4 Å². The Hall–Kier alpha value is -0.570. The number of carbonyl (C=O) groups excluding carboxylic acids is 1. The Morgan fingerprint density at radius 1 is 1.64 bits per heavy atom. The predicted molar refractivity (Wildman–Crippen MR) is 41.3 cm³/mol. The molecule has 0 aromatic carbocycles. The summed E-state index contributed by atoms with van der Waals surface area (Å²) in [4.78, 5) is 11.0. The molecule has 0 spiro atoms. The molecular weight excluding hydrogens is 144 g/mol. The number of rotatable bonds is 5. The lowest BCUT2D eigenvalue weighted by Gasteiger charge is -2.10. The predicted octanol–water partition coefficient (Wildman–Crippen LogP) is 1.50. The number of carbonyl (C=O) groups is 1. The molecule has 1 unspecified atom stereocenters. The van der Waals surface area contributed by atoms with Crippen molar-refractivity contribution in [1.29, 1.82) is 0 Å². The molecule has 65 valence electrons. The lowest BCUT2D eigenvalue weighted by atomic mass is 10.0. The van der Waals surface area contributed by atoms with E-state index in [1.165, 1.54) is 0 Å². The molecule has 0 rings (SSSR count). The van der Waals surface area contributed by atoms with Gasteiger partial charge in [-0.25, -0.2) is 0 Å². The highest BCUT2D eigenvalue weighted by atomic mass is 16.5. The molecule has 0 heterocycles. The summed E-state index contributed by atoms with van der Waals surface area (Å²) >= 11 is 0. The average molecular weight is 159 g/mol. The monoisotopic (exact) mass is 159 g/mol. The summed E-state index contributed by atoms with van der Waals surface area (Å²) in [5.74, 6) is -0.403. The zero-order valence-electron chi connectivity index (χ0n) is 7.04. The van der Waals surface area contributed by atoms with Crippen molar-refractivity contribution in [2.24, 2.45) is 5.92 Å². The first-order chi connectivity index (χ1) is 5.26. The van der Waals surface area contributed by atoms with Gasteiger partial charge in [-0.3, -0.25) is 4.79 Å². The molecule has 0 aliphatic heterocycles. The lowest BCUT2D eigenvalue weighted by molar-refractivity contribution is -0.148. The number of aliphatic hydroxyl groups excluding tert-OH is 1. The maximum atomic E-state index is 11.0. The first-order valence-corrected chi connectivity index (χ1v) is 3.88. The minimum Gasteiger partial charge on any atom is -0.466 e. The van der Waals surface area contributed by atoms with E-state index in [0.29, 0.717) is 19.4 Å². The summed E-state index contributed by atoms with van der Waals surface area (Å²) in [7, 11) is 0. The normalized spacial score (nSPS) is 12.6. The van der Waals surface area contributed by atoms with E-state index in [1.54, 1.807) is 6.92 Å². The Morgan fingerprint density at radius 2 is 2.27 bits per heavy atom. The smallest absolute Gasteiger partial charge is 0.309 e. The molecular formula is C8H15O3. The van der Waals surface area contributed by atoms with Crippen LogP contribution in [0.3, 0.4) is 0 Å². The van der Waals surface area contributed by atoms with E-state index in [9.17, 15) is 4.79 Å². The van der Waals surface area contributed by atoms with Gasteiger partial charge in [0.15, 0.2) is 0 Å². The quantitative estimate of drug-likeness (QED) is 0.618. The SMILES string of the molecule is CCOC(=O)C(CC)C[CH]O. The van der Waals surface area contributed by atoms with Crippen LogP contribution in [0.5, 0.6) is 0 Å². The van der Waals surface area contributed by atoms with Crippen LogP contribution in [0, 0.1) is 12.5 Å². The van der Waals surface area contributed by atoms with Gasteiger partial charge in [0.05, 0.1) is 19.1 Å². The fraction of sp³-hybridized carbons (Fsp3) is 0.750. The van der Waals surface area contributed by atoms with E-state index in [4.69, 9.17) is 9.84 Å². The van der Waals surface area contributed by atoms with Crippen molar-refractivity contribution in [2.75, 3.05) is 6.61 Å². The second-order valence-electron chi connectivity index (χ2n) is 2.28. The van der Waals surface area contributed by atoms with Crippen molar-refractivity contribution in [3.8, 4) is 0 Å². The Bertz CT molecular complexity index is 112. The molecule has 1 radical (unpaired) electrons. The van der Waals surface area contributed by atoms with E-state index in [-0.39, 0.29) is 11.9 Å². The van der Waals surface area contributed by atoms with Gasteiger partial charge in [-0.05, 0) is 19.8 Å². The summed E-state index contributed by atoms with van der Waals surface area (Å²) in [6, 6.07) is 0. The second-order valence-corrected chi connectivity index (χ2v) is 2.28. The zero-order valence-corrected chi connectivity index (χ0v) is 7.04.